The summed E-state index contributed by atoms with van der Waals surface area (Å²) in [7, 11) is -3.63. The van der Waals surface area contributed by atoms with E-state index in [4.69, 9.17) is 11.6 Å². The molecule has 7 heteroatoms. The number of anilines is 1. The predicted octanol–water partition coefficient (Wildman–Crippen LogP) is 3.33. The van der Waals surface area contributed by atoms with E-state index in [1.54, 1.807) is 25.1 Å². The van der Waals surface area contributed by atoms with Crippen LogP contribution in [0.2, 0.25) is 5.02 Å². The molecule has 0 saturated heterocycles. The molecule has 0 unspecified atom stereocenters. The van der Waals surface area contributed by atoms with Crippen LogP contribution >= 0.6 is 11.6 Å². The molecule has 26 heavy (non-hydrogen) atoms. The molecule has 0 spiro atoms. The number of amides is 1. The van der Waals surface area contributed by atoms with Crippen LogP contribution < -0.4 is 9.62 Å². The van der Waals surface area contributed by atoms with Crippen LogP contribution in [-0.4, -0.2) is 33.7 Å². The highest BCUT2D eigenvalue weighted by Crippen LogP contribution is 2.28. The van der Waals surface area contributed by atoms with Gasteiger partial charge in [0.2, 0.25) is 15.9 Å². The van der Waals surface area contributed by atoms with Gasteiger partial charge in [-0.1, -0.05) is 54.9 Å². The SMILES string of the molecule is Cc1c(Cl)cccc1N(CC(=O)NC[C@H](C)c1ccccc1)S(C)(=O)=O. The Kier molecular flexibility index (Phi) is 6.67. The molecule has 0 saturated carbocycles. The van der Waals surface area contributed by atoms with E-state index in [1.807, 2.05) is 37.3 Å². The summed E-state index contributed by atoms with van der Waals surface area (Å²) in [4.78, 5) is 12.4. The van der Waals surface area contributed by atoms with Gasteiger partial charge in [0, 0.05) is 11.6 Å². The first-order valence-corrected chi connectivity index (χ1v) is 10.5. The highest BCUT2D eigenvalue weighted by Gasteiger charge is 2.23. The van der Waals surface area contributed by atoms with Crippen LogP contribution in [0.4, 0.5) is 5.69 Å². The minimum atomic E-state index is -3.63. The molecule has 1 N–H and O–H groups in total. The van der Waals surface area contributed by atoms with Gasteiger partial charge in [-0.05, 0) is 36.1 Å². The highest BCUT2D eigenvalue weighted by molar-refractivity contribution is 7.92. The van der Waals surface area contributed by atoms with Gasteiger partial charge in [-0.15, -0.1) is 0 Å². The van der Waals surface area contributed by atoms with Crippen LogP contribution in [0.15, 0.2) is 48.5 Å². The molecule has 0 bridgehead atoms. The summed E-state index contributed by atoms with van der Waals surface area (Å²) in [5, 5.41) is 3.26. The third kappa shape index (κ3) is 5.22. The number of nitrogens with one attached hydrogen (secondary N) is 1. The minimum absolute atomic E-state index is 0.125. The van der Waals surface area contributed by atoms with Crippen molar-refractivity contribution in [3.63, 3.8) is 0 Å². The van der Waals surface area contributed by atoms with E-state index in [9.17, 15) is 13.2 Å². The van der Waals surface area contributed by atoms with Gasteiger partial charge in [0.1, 0.15) is 6.54 Å². The van der Waals surface area contributed by atoms with Gasteiger partial charge < -0.3 is 5.32 Å². The molecule has 0 radical (unpaired) electrons. The van der Waals surface area contributed by atoms with Crippen LogP contribution in [0.25, 0.3) is 0 Å². The van der Waals surface area contributed by atoms with E-state index in [-0.39, 0.29) is 18.4 Å². The molecule has 5 nitrogen and oxygen atoms in total. The summed E-state index contributed by atoms with van der Waals surface area (Å²) in [5.74, 6) is -0.239. The fraction of sp³-hybridized carbons (Fsp3) is 0.316. The molecule has 140 valence electrons. The fourth-order valence-corrected chi connectivity index (χ4v) is 3.68. The largest absolute Gasteiger partial charge is 0.354 e. The molecule has 0 aliphatic rings. The number of hydrogen-bond acceptors (Lipinski definition) is 3. The van der Waals surface area contributed by atoms with Crippen molar-refractivity contribution < 1.29 is 13.2 Å². The zero-order valence-electron chi connectivity index (χ0n) is 15.1. The molecule has 0 aliphatic heterocycles. The predicted molar refractivity (Wildman–Crippen MR) is 106 cm³/mol. The lowest BCUT2D eigenvalue weighted by molar-refractivity contribution is -0.119. The number of halogens is 1. The summed E-state index contributed by atoms with van der Waals surface area (Å²) in [6.45, 7) is 3.87. The second-order valence-corrected chi connectivity index (χ2v) is 8.58. The molecule has 0 aromatic heterocycles. The van der Waals surface area contributed by atoms with Crippen LogP contribution in [0, 0.1) is 6.92 Å². The quantitative estimate of drug-likeness (QED) is 0.783. The lowest BCUT2D eigenvalue weighted by Gasteiger charge is -2.24. The van der Waals surface area contributed by atoms with Crippen molar-refractivity contribution in [3.05, 3.63) is 64.7 Å². The van der Waals surface area contributed by atoms with E-state index in [0.29, 0.717) is 22.8 Å². The second kappa shape index (κ2) is 8.56. The zero-order chi connectivity index (χ0) is 19.3. The molecule has 2 aromatic rings. The average Bonchev–Trinajstić information content (AvgIpc) is 2.60. The van der Waals surface area contributed by atoms with Crippen molar-refractivity contribution >= 4 is 33.2 Å². The van der Waals surface area contributed by atoms with Gasteiger partial charge in [-0.25, -0.2) is 8.42 Å². The summed E-state index contributed by atoms with van der Waals surface area (Å²) >= 11 is 6.09. The summed E-state index contributed by atoms with van der Waals surface area (Å²) < 4.78 is 25.5. The minimum Gasteiger partial charge on any atom is -0.354 e. The van der Waals surface area contributed by atoms with Crippen molar-refractivity contribution in [2.24, 2.45) is 0 Å². The van der Waals surface area contributed by atoms with Crippen LogP contribution in [-0.2, 0) is 14.8 Å². The molecular formula is C19H23ClN2O3S. The lowest BCUT2D eigenvalue weighted by Crippen LogP contribution is -2.41. The van der Waals surface area contributed by atoms with Crippen molar-refractivity contribution in [2.75, 3.05) is 23.7 Å². The summed E-state index contributed by atoms with van der Waals surface area (Å²) in [6.07, 6.45) is 1.08. The van der Waals surface area contributed by atoms with Crippen LogP contribution in [0.5, 0.6) is 0 Å². The number of carbonyl (C=O) groups is 1. The molecule has 2 rings (SSSR count). The maximum atomic E-state index is 12.4. The number of benzene rings is 2. The molecule has 2 aromatic carbocycles. The zero-order valence-corrected chi connectivity index (χ0v) is 16.6. The standard InChI is InChI=1S/C19H23ClN2O3S/c1-14(16-8-5-4-6-9-16)12-21-19(23)13-22(26(3,24)25)18-11-7-10-17(20)15(18)2/h4-11,14H,12-13H2,1-3H3,(H,21,23)/t14-/m0/s1. The third-order valence-electron chi connectivity index (χ3n) is 4.17. The van der Waals surface area contributed by atoms with Gasteiger partial charge in [0.15, 0.2) is 0 Å². The van der Waals surface area contributed by atoms with Gasteiger partial charge in [0.05, 0.1) is 11.9 Å². The Labute approximate surface area is 160 Å². The molecule has 1 amide bonds. The highest BCUT2D eigenvalue weighted by atomic mass is 35.5. The average molecular weight is 395 g/mol. The topological polar surface area (TPSA) is 66.5 Å². The lowest BCUT2D eigenvalue weighted by atomic mass is 10.0. The first-order valence-electron chi connectivity index (χ1n) is 8.24. The Hall–Kier alpha value is -2.05. The van der Waals surface area contributed by atoms with E-state index < -0.39 is 10.0 Å². The molecule has 0 fully saturated rings. The third-order valence-corrected chi connectivity index (χ3v) is 5.71. The van der Waals surface area contributed by atoms with Crippen molar-refractivity contribution in [1.82, 2.24) is 5.32 Å². The number of sulfonamides is 1. The summed E-state index contributed by atoms with van der Waals surface area (Å²) in [6, 6.07) is 14.8. The molecule has 0 heterocycles. The van der Waals surface area contributed by atoms with Crippen LogP contribution in [0.3, 0.4) is 0 Å². The number of hydrogen-bond donors (Lipinski definition) is 1. The van der Waals surface area contributed by atoms with E-state index in [1.165, 1.54) is 0 Å². The number of carbonyl (C=O) groups excluding carboxylic acids is 1. The Balaban J connectivity index is 2.09. The fourth-order valence-electron chi connectivity index (χ4n) is 2.60. The smallest absolute Gasteiger partial charge is 0.240 e. The van der Waals surface area contributed by atoms with Gasteiger partial charge in [-0.2, -0.15) is 0 Å². The Bertz CT molecular complexity index is 870. The van der Waals surface area contributed by atoms with Crippen molar-refractivity contribution in [3.8, 4) is 0 Å². The van der Waals surface area contributed by atoms with E-state index >= 15 is 0 Å². The summed E-state index contributed by atoms with van der Waals surface area (Å²) in [5.41, 5.74) is 2.13. The van der Waals surface area contributed by atoms with E-state index in [2.05, 4.69) is 5.32 Å². The Morgan fingerprint density at radius 2 is 1.81 bits per heavy atom. The second-order valence-electron chi connectivity index (χ2n) is 6.27. The van der Waals surface area contributed by atoms with Gasteiger partial charge in [0.25, 0.3) is 0 Å². The van der Waals surface area contributed by atoms with Crippen molar-refractivity contribution in [2.45, 2.75) is 19.8 Å². The van der Waals surface area contributed by atoms with Gasteiger partial charge >= 0.3 is 0 Å². The molecule has 0 aliphatic carbocycles. The number of nitrogens with zero attached hydrogens (tertiary/aromatic N) is 1. The van der Waals surface area contributed by atoms with E-state index in [0.717, 1.165) is 16.1 Å². The maximum Gasteiger partial charge on any atom is 0.240 e. The normalized spacial score (nSPS) is 12.5. The Morgan fingerprint density at radius 1 is 1.15 bits per heavy atom. The van der Waals surface area contributed by atoms with Crippen LogP contribution in [0.1, 0.15) is 24.0 Å². The Morgan fingerprint density at radius 3 is 2.42 bits per heavy atom. The molecule has 1 atom stereocenters. The maximum absolute atomic E-state index is 12.4. The first kappa shape index (κ1) is 20.3. The first-order chi connectivity index (χ1) is 12.2. The van der Waals surface area contributed by atoms with Crippen molar-refractivity contribution in [1.29, 1.82) is 0 Å². The number of rotatable bonds is 7. The van der Waals surface area contributed by atoms with Gasteiger partial charge in [-0.3, -0.25) is 9.10 Å². The monoisotopic (exact) mass is 394 g/mol. The molecular weight excluding hydrogens is 372 g/mol.